The maximum atomic E-state index is 10.5. The van der Waals surface area contributed by atoms with Crippen LogP contribution in [0.2, 0.25) is 0 Å². The monoisotopic (exact) mass is 272 g/mol. The van der Waals surface area contributed by atoms with Crippen molar-refractivity contribution in [2.45, 2.75) is 53.6 Å². The molecule has 0 amide bonds. The molecule has 19 heavy (non-hydrogen) atoms. The molecule has 0 aliphatic rings. The van der Waals surface area contributed by atoms with E-state index < -0.39 is 6.10 Å². The van der Waals surface area contributed by atoms with E-state index in [0.29, 0.717) is 6.61 Å². The van der Waals surface area contributed by atoms with Gasteiger partial charge in [0.2, 0.25) is 0 Å². The van der Waals surface area contributed by atoms with E-state index in [2.05, 4.69) is 26.8 Å². The fraction of sp³-hybridized carbons (Fsp3) is 0.667. The molecule has 0 aliphatic carbocycles. The minimum Gasteiger partial charge on any atom is -0.462 e. The molecule has 0 aromatic carbocycles. The van der Waals surface area contributed by atoms with Crippen LogP contribution in [0.3, 0.4) is 0 Å². The second kappa shape index (κ2) is 13.3. The summed E-state index contributed by atoms with van der Waals surface area (Å²) < 4.78 is 4.81. The molecule has 0 aliphatic heterocycles. The van der Waals surface area contributed by atoms with Crippen LogP contribution in [0.25, 0.3) is 0 Å². The Labute approximate surface area is 116 Å². The van der Waals surface area contributed by atoms with Gasteiger partial charge in [-0.15, -0.1) is 0 Å². The smallest absolute Gasteiger partial charge is 0.302 e. The highest BCUT2D eigenvalue weighted by atomic mass is 16.5. The Morgan fingerprint density at radius 2 is 1.74 bits per heavy atom. The number of ether oxygens (including phenoxy) is 1. The topological polar surface area (TPSA) is 66.8 Å². The van der Waals surface area contributed by atoms with Gasteiger partial charge in [-0.2, -0.15) is 0 Å². The summed E-state index contributed by atoms with van der Waals surface area (Å²) in [4.78, 5) is 10.5. The molecular formula is C15H28O4. The van der Waals surface area contributed by atoms with E-state index in [9.17, 15) is 4.79 Å². The largest absolute Gasteiger partial charge is 0.462 e. The van der Waals surface area contributed by atoms with Crippen LogP contribution in [0.5, 0.6) is 0 Å². The van der Waals surface area contributed by atoms with Gasteiger partial charge < -0.3 is 14.9 Å². The third-order valence-corrected chi connectivity index (χ3v) is 2.07. The molecule has 0 rings (SSSR count). The molecule has 4 nitrogen and oxygen atoms in total. The number of carbonyl (C=O) groups is 1. The van der Waals surface area contributed by atoms with Crippen LogP contribution in [0, 0.1) is 0 Å². The van der Waals surface area contributed by atoms with Gasteiger partial charge in [0, 0.05) is 6.92 Å². The SMILES string of the molecule is CC(=O)OC/C=C(\C)CCC=C(C)C.CC(O)CO. The third kappa shape index (κ3) is 22.5. The molecule has 0 aromatic heterocycles. The highest BCUT2D eigenvalue weighted by Gasteiger charge is 1.91. The van der Waals surface area contributed by atoms with Crippen molar-refractivity contribution in [3.63, 3.8) is 0 Å². The molecule has 0 spiro atoms. The number of carbonyl (C=O) groups excluding carboxylic acids is 1. The lowest BCUT2D eigenvalue weighted by molar-refractivity contribution is -0.139. The van der Waals surface area contributed by atoms with Gasteiger partial charge >= 0.3 is 5.97 Å². The van der Waals surface area contributed by atoms with Gasteiger partial charge in [-0.05, 0) is 46.6 Å². The van der Waals surface area contributed by atoms with Gasteiger partial charge in [0.1, 0.15) is 6.61 Å². The molecule has 0 aromatic rings. The molecule has 0 radical (unpaired) electrons. The van der Waals surface area contributed by atoms with Crippen LogP contribution in [-0.4, -0.2) is 35.5 Å². The fourth-order valence-electron chi connectivity index (χ4n) is 0.992. The van der Waals surface area contributed by atoms with Gasteiger partial charge in [0.15, 0.2) is 0 Å². The first-order valence-electron chi connectivity index (χ1n) is 6.50. The Morgan fingerprint density at radius 1 is 1.21 bits per heavy atom. The van der Waals surface area contributed by atoms with E-state index in [4.69, 9.17) is 14.9 Å². The lowest BCUT2D eigenvalue weighted by Crippen LogP contribution is -2.03. The molecule has 1 unspecified atom stereocenters. The maximum Gasteiger partial charge on any atom is 0.302 e. The first kappa shape index (κ1) is 20.2. The zero-order valence-corrected chi connectivity index (χ0v) is 12.8. The Bertz CT molecular complexity index is 287. The average molecular weight is 272 g/mol. The molecule has 0 saturated heterocycles. The summed E-state index contributed by atoms with van der Waals surface area (Å²) in [5.41, 5.74) is 2.61. The van der Waals surface area contributed by atoms with E-state index >= 15 is 0 Å². The van der Waals surface area contributed by atoms with Crippen molar-refractivity contribution in [3.05, 3.63) is 23.3 Å². The first-order chi connectivity index (χ1) is 8.79. The maximum absolute atomic E-state index is 10.5. The number of aliphatic hydroxyl groups excluding tert-OH is 2. The summed E-state index contributed by atoms with van der Waals surface area (Å²) in [6.07, 6.45) is 5.70. The molecule has 2 N–H and O–H groups in total. The first-order valence-corrected chi connectivity index (χ1v) is 6.50. The van der Waals surface area contributed by atoms with Crippen molar-refractivity contribution in [1.82, 2.24) is 0 Å². The zero-order valence-electron chi connectivity index (χ0n) is 12.8. The number of allylic oxidation sites excluding steroid dienone is 3. The number of hydrogen-bond acceptors (Lipinski definition) is 4. The molecule has 112 valence electrons. The Balaban J connectivity index is 0. The number of hydrogen-bond donors (Lipinski definition) is 2. The highest BCUT2D eigenvalue weighted by Crippen LogP contribution is 2.06. The molecule has 1 atom stereocenters. The van der Waals surface area contributed by atoms with Crippen molar-refractivity contribution in [1.29, 1.82) is 0 Å². The third-order valence-electron chi connectivity index (χ3n) is 2.07. The fourth-order valence-corrected chi connectivity index (χ4v) is 0.992. The van der Waals surface area contributed by atoms with E-state index in [-0.39, 0.29) is 12.6 Å². The van der Waals surface area contributed by atoms with Gasteiger partial charge in [-0.25, -0.2) is 0 Å². The summed E-state index contributed by atoms with van der Waals surface area (Å²) in [5.74, 6) is -0.224. The molecule has 0 fully saturated rings. The summed E-state index contributed by atoms with van der Waals surface area (Å²) in [6.45, 7) is 9.46. The lowest BCUT2D eigenvalue weighted by Gasteiger charge is -2.00. The minimum absolute atomic E-state index is 0.139. The Morgan fingerprint density at radius 3 is 2.11 bits per heavy atom. The van der Waals surface area contributed by atoms with Crippen molar-refractivity contribution < 1.29 is 19.7 Å². The zero-order chi connectivity index (χ0) is 15.3. The second-order valence-electron chi connectivity index (χ2n) is 4.70. The summed E-state index contributed by atoms with van der Waals surface area (Å²) >= 11 is 0. The summed E-state index contributed by atoms with van der Waals surface area (Å²) in [5, 5.41) is 16.0. The van der Waals surface area contributed by atoms with Gasteiger partial charge in [-0.3, -0.25) is 4.79 Å². The summed E-state index contributed by atoms with van der Waals surface area (Å²) in [6, 6.07) is 0. The van der Waals surface area contributed by atoms with Crippen LogP contribution in [0.4, 0.5) is 0 Å². The van der Waals surface area contributed by atoms with E-state index in [1.54, 1.807) is 0 Å². The number of aliphatic hydroxyl groups is 2. The van der Waals surface area contributed by atoms with E-state index in [1.807, 2.05) is 6.08 Å². The predicted molar refractivity (Wildman–Crippen MR) is 77.8 cm³/mol. The molecule has 4 heteroatoms. The van der Waals surface area contributed by atoms with Crippen LogP contribution < -0.4 is 0 Å². The average Bonchev–Trinajstić information content (AvgIpc) is 2.28. The quantitative estimate of drug-likeness (QED) is 0.576. The predicted octanol–water partition coefficient (Wildman–Crippen LogP) is 2.60. The normalized spacial score (nSPS) is 12.1. The Hall–Kier alpha value is -1.13. The second-order valence-corrected chi connectivity index (χ2v) is 4.70. The van der Waals surface area contributed by atoms with Crippen LogP contribution in [0.15, 0.2) is 23.3 Å². The van der Waals surface area contributed by atoms with Crippen molar-refractivity contribution >= 4 is 5.97 Å². The van der Waals surface area contributed by atoms with Gasteiger partial charge in [0.05, 0.1) is 12.7 Å². The van der Waals surface area contributed by atoms with Crippen molar-refractivity contribution in [2.75, 3.05) is 13.2 Å². The molecular weight excluding hydrogens is 244 g/mol. The summed E-state index contributed by atoms with van der Waals surface area (Å²) in [7, 11) is 0. The molecule has 0 heterocycles. The Kier molecular flexibility index (Phi) is 14.1. The standard InChI is InChI=1S/C12H20O2.C3H8O2/c1-10(2)6-5-7-11(3)8-9-14-12(4)13;1-3(5)2-4/h6,8H,5,7,9H2,1-4H3;3-5H,2H2,1H3/b11-8+;. The minimum atomic E-state index is -0.560. The molecule has 0 saturated carbocycles. The van der Waals surface area contributed by atoms with Gasteiger partial charge in [-0.1, -0.05) is 17.2 Å². The molecule has 0 bridgehead atoms. The highest BCUT2D eigenvalue weighted by molar-refractivity contribution is 5.66. The van der Waals surface area contributed by atoms with Crippen LogP contribution in [-0.2, 0) is 9.53 Å². The van der Waals surface area contributed by atoms with Crippen LogP contribution in [0.1, 0.15) is 47.5 Å². The van der Waals surface area contributed by atoms with E-state index in [0.717, 1.165) is 12.8 Å². The number of esters is 1. The van der Waals surface area contributed by atoms with E-state index in [1.165, 1.54) is 25.0 Å². The van der Waals surface area contributed by atoms with Gasteiger partial charge in [0.25, 0.3) is 0 Å². The lowest BCUT2D eigenvalue weighted by atomic mass is 10.1. The van der Waals surface area contributed by atoms with Crippen molar-refractivity contribution in [3.8, 4) is 0 Å². The van der Waals surface area contributed by atoms with Crippen molar-refractivity contribution in [2.24, 2.45) is 0 Å². The van der Waals surface area contributed by atoms with Crippen LogP contribution >= 0.6 is 0 Å². The number of rotatable bonds is 6.